The lowest BCUT2D eigenvalue weighted by atomic mass is 9.99. The van der Waals surface area contributed by atoms with Crippen LogP contribution in [0.25, 0.3) is 78.7 Å². The number of carbonyl (C=O) groups is 2. The Hall–Kier alpha value is -7.92. The van der Waals surface area contributed by atoms with E-state index < -0.39 is 5.97 Å². The fraction of sp³-hybridized carbons (Fsp3) is 0.154. The highest BCUT2D eigenvalue weighted by Gasteiger charge is 2.20. The third-order valence-corrected chi connectivity index (χ3v) is 11.5. The number of nitrogens with zero attached hydrogens (tertiary/aromatic N) is 2. The quantitative estimate of drug-likeness (QED) is 0.0788. The molecule has 0 aliphatic carbocycles. The summed E-state index contributed by atoms with van der Waals surface area (Å²) in [4.78, 5) is 42.6. The van der Waals surface area contributed by atoms with Gasteiger partial charge in [0.05, 0.1) is 29.2 Å². The Morgan fingerprint density at radius 1 is 0.524 bits per heavy atom. The van der Waals surface area contributed by atoms with Gasteiger partial charge in [0.2, 0.25) is 0 Å². The minimum atomic E-state index is -0.990. The number of hydrogen-bond donors (Lipinski definition) is 7. The van der Waals surface area contributed by atoms with Gasteiger partial charge in [-0.2, -0.15) is 0 Å². The number of hydrogen-bond acceptors (Lipinski definition) is 7. The van der Waals surface area contributed by atoms with E-state index in [2.05, 4.69) is 15.3 Å². The fourth-order valence-corrected chi connectivity index (χ4v) is 8.58. The number of aryl methyl sites for hydroxylation is 2. The summed E-state index contributed by atoms with van der Waals surface area (Å²) in [6.07, 6.45) is 8.85. The average Bonchev–Trinajstić information content (AvgIpc) is 4.06. The zero-order chi connectivity index (χ0) is 43.5. The van der Waals surface area contributed by atoms with Gasteiger partial charge in [0.15, 0.2) is 0 Å². The lowest BCUT2D eigenvalue weighted by molar-refractivity contribution is -0.136. The van der Waals surface area contributed by atoms with Crippen molar-refractivity contribution in [2.24, 2.45) is 0 Å². The van der Waals surface area contributed by atoms with Crippen molar-refractivity contribution in [1.29, 1.82) is 0 Å². The molecule has 4 aromatic carbocycles. The van der Waals surface area contributed by atoms with Crippen LogP contribution in [0.1, 0.15) is 65.2 Å². The van der Waals surface area contributed by atoms with E-state index in [-0.39, 0.29) is 36.1 Å². The SMILES string of the molecule is O=C(O)CCNC(=O)c1ccc(-c2c3nc(c(-c4cccc(O)c4)c4ccc([nH]4)c(-c4cccc(O)c4)c4nc(c(-c5cccc(O)c5)c5ccc2[nH]5)C=C4)CCCCCC3)cc1. The average molecular weight is 836 g/mol. The molecular weight excluding hydrogens is 791 g/mol. The Morgan fingerprint density at radius 3 is 1.43 bits per heavy atom. The normalized spacial score (nSPS) is 12.8. The molecule has 1 amide bonds. The summed E-state index contributed by atoms with van der Waals surface area (Å²) in [6.45, 7) is 0.0151. The number of fused-ring (bicyclic) bond motifs is 8. The zero-order valence-corrected chi connectivity index (χ0v) is 34.4. The number of aromatic hydroxyl groups is 3. The van der Waals surface area contributed by atoms with Gasteiger partial charge in [-0.05, 0) is 133 Å². The largest absolute Gasteiger partial charge is 0.508 e. The minimum absolute atomic E-state index is 0.0151. The summed E-state index contributed by atoms with van der Waals surface area (Å²) >= 11 is 0. The van der Waals surface area contributed by atoms with Gasteiger partial charge in [-0.1, -0.05) is 61.4 Å². The van der Waals surface area contributed by atoms with Crippen LogP contribution in [-0.2, 0) is 17.6 Å². The first-order valence-corrected chi connectivity index (χ1v) is 21.1. The first-order chi connectivity index (χ1) is 30.7. The van der Waals surface area contributed by atoms with Crippen LogP contribution in [-0.4, -0.2) is 58.8 Å². The van der Waals surface area contributed by atoms with E-state index in [1.54, 1.807) is 54.6 Å². The van der Waals surface area contributed by atoms with Crippen molar-refractivity contribution < 1.29 is 30.0 Å². The van der Waals surface area contributed by atoms with E-state index in [0.29, 0.717) is 29.8 Å². The number of nitrogens with one attached hydrogen (secondary N) is 3. The topological polar surface area (TPSA) is 184 Å². The number of aliphatic carboxylic acids is 1. The van der Waals surface area contributed by atoms with Crippen molar-refractivity contribution >= 4 is 46.1 Å². The number of carboxylic acid groups (broad SMARTS) is 1. The second-order valence-electron chi connectivity index (χ2n) is 15.8. The van der Waals surface area contributed by atoms with Crippen LogP contribution in [0.4, 0.5) is 0 Å². The number of phenolic OH excluding ortho intramolecular Hbond substituents is 3. The highest BCUT2D eigenvalue weighted by molar-refractivity contribution is 5.98. The Labute approximate surface area is 363 Å². The van der Waals surface area contributed by atoms with Crippen molar-refractivity contribution in [1.82, 2.24) is 25.3 Å². The first-order valence-electron chi connectivity index (χ1n) is 21.1. The van der Waals surface area contributed by atoms with Gasteiger partial charge in [-0.25, -0.2) is 4.98 Å². The molecule has 0 unspecified atom stereocenters. The zero-order valence-electron chi connectivity index (χ0n) is 34.4. The molecule has 3 aromatic heterocycles. The predicted molar refractivity (Wildman–Crippen MR) is 247 cm³/mol. The highest BCUT2D eigenvalue weighted by atomic mass is 16.4. The number of aromatic nitrogens is 4. The third kappa shape index (κ3) is 8.67. The lowest BCUT2D eigenvalue weighted by Gasteiger charge is -2.12. The number of phenols is 3. The van der Waals surface area contributed by atoms with Crippen LogP contribution in [0.15, 0.2) is 121 Å². The number of amides is 1. The number of H-pyrrole nitrogens is 2. The summed E-state index contributed by atoms with van der Waals surface area (Å²) in [5.41, 5.74) is 12.8. The van der Waals surface area contributed by atoms with E-state index in [0.717, 1.165) is 104 Å². The fourth-order valence-electron chi connectivity index (χ4n) is 8.58. The molecular formula is C52H45N5O6. The predicted octanol–water partition coefficient (Wildman–Crippen LogP) is 10.8. The standard InChI is InChI=1S/C52H45N5O6/c58-36-11-5-8-33(28-36)49-40-15-4-2-1-3-14-39(54-40)48(31-16-18-32(19-17-31)52(63)53-27-26-47(61)62)41-20-21-43(55-41)50(34-9-6-12-37(59)29-34)45-24-25-46(57-45)51(44-23-22-42(49)56-44)35-10-7-13-38(60)30-35/h5-13,16-25,28-30,55-56,58-60H,1-4,14-15,26-27H2,(H,53,63)(H,61,62). The molecule has 9 rings (SSSR count). The molecule has 0 saturated heterocycles. The maximum absolute atomic E-state index is 13.1. The molecule has 63 heavy (non-hydrogen) atoms. The molecule has 8 bridgehead atoms. The number of aromatic amines is 2. The second kappa shape index (κ2) is 17.6. The van der Waals surface area contributed by atoms with Gasteiger partial charge in [0.1, 0.15) is 17.2 Å². The van der Waals surface area contributed by atoms with Crippen LogP contribution < -0.4 is 5.32 Å². The monoisotopic (exact) mass is 835 g/mol. The van der Waals surface area contributed by atoms with E-state index in [4.69, 9.17) is 15.1 Å². The Balaban J connectivity index is 1.42. The van der Waals surface area contributed by atoms with Gasteiger partial charge in [-0.3, -0.25) is 14.6 Å². The summed E-state index contributed by atoms with van der Waals surface area (Å²) in [5.74, 6) is -0.999. The molecule has 0 spiro atoms. The maximum atomic E-state index is 13.1. The maximum Gasteiger partial charge on any atom is 0.305 e. The van der Waals surface area contributed by atoms with Crippen molar-refractivity contribution in [3.8, 4) is 61.8 Å². The highest BCUT2D eigenvalue weighted by Crippen LogP contribution is 2.39. The van der Waals surface area contributed by atoms with Crippen molar-refractivity contribution in [3.63, 3.8) is 0 Å². The van der Waals surface area contributed by atoms with Crippen molar-refractivity contribution in [3.05, 3.63) is 150 Å². The molecule has 0 fully saturated rings. The summed E-state index contributed by atoms with van der Waals surface area (Å²) < 4.78 is 0. The molecule has 314 valence electrons. The molecule has 0 radical (unpaired) electrons. The number of rotatable bonds is 8. The van der Waals surface area contributed by atoms with Crippen molar-refractivity contribution in [2.75, 3.05) is 6.54 Å². The lowest BCUT2D eigenvalue weighted by Crippen LogP contribution is -2.25. The third-order valence-electron chi connectivity index (χ3n) is 11.5. The van der Waals surface area contributed by atoms with E-state index >= 15 is 0 Å². The van der Waals surface area contributed by atoms with Gasteiger partial charge in [-0.15, -0.1) is 0 Å². The number of carboxylic acids is 1. The smallest absolute Gasteiger partial charge is 0.305 e. The molecule has 0 saturated carbocycles. The molecule has 7 aromatic rings. The molecule has 11 nitrogen and oxygen atoms in total. The van der Waals surface area contributed by atoms with E-state index in [1.807, 2.05) is 78.9 Å². The molecule has 7 N–H and O–H groups in total. The first kappa shape index (κ1) is 40.5. The van der Waals surface area contributed by atoms with Gasteiger partial charge in [0.25, 0.3) is 5.91 Å². The number of carbonyl (C=O) groups excluding carboxylic acids is 1. The Morgan fingerprint density at radius 2 is 0.968 bits per heavy atom. The molecule has 5 heterocycles. The van der Waals surface area contributed by atoms with Crippen LogP contribution >= 0.6 is 0 Å². The van der Waals surface area contributed by atoms with E-state index in [1.165, 1.54) is 0 Å². The molecule has 11 heteroatoms. The van der Waals surface area contributed by atoms with Crippen molar-refractivity contribution in [2.45, 2.75) is 44.9 Å². The summed E-state index contributed by atoms with van der Waals surface area (Å²) in [7, 11) is 0. The summed E-state index contributed by atoms with van der Waals surface area (Å²) in [5, 5.41) is 44.1. The summed E-state index contributed by atoms with van der Waals surface area (Å²) in [6, 6.07) is 36.8. The van der Waals surface area contributed by atoms with Gasteiger partial charge in [0, 0.05) is 56.4 Å². The van der Waals surface area contributed by atoms with Gasteiger partial charge < -0.3 is 35.7 Å². The Kier molecular flexibility index (Phi) is 11.3. The van der Waals surface area contributed by atoms with Crippen LogP contribution in [0, 0.1) is 0 Å². The second-order valence-corrected chi connectivity index (χ2v) is 15.8. The molecule has 2 aliphatic rings. The van der Waals surface area contributed by atoms with Crippen LogP contribution in [0.2, 0.25) is 0 Å². The Bertz CT molecular complexity index is 3090. The van der Waals surface area contributed by atoms with E-state index in [9.17, 15) is 24.9 Å². The van der Waals surface area contributed by atoms with Crippen LogP contribution in [0.3, 0.4) is 0 Å². The van der Waals surface area contributed by atoms with Crippen LogP contribution in [0.5, 0.6) is 17.2 Å². The minimum Gasteiger partial charge on any atom is -0.508 e. The van der Waals surface area contributed by atoms with Gasteiger partial charge >= 0.3 is 5.97 Å². The number of benzene rings is 4. The molecule has 0 atom stereocenters. The molecule has 2 aliphatic heterocycles.